The van der Waals surface area contributed by atoms with Crippen LogP contribution in [-0.4, -0.2) is 43.2 Å². The fourth-order valence-electron chi connectivity index (χ4n) is 15.6. The van der Waals surface area contributed by atoms with Crippen LogP contribution < -0.4 is 0 Å². The van der Waals surface area contributed by atoms with Crippen molar-refractivity contribution in [1.82, 2.24) is 43.2 Å². The van der Waals surface area contributed by atoms with Gasteiger partial charge in [-0.2, -0.15) is 9.97 Å². The van der Waals surface area contributed by atoms with Gasteiger partial charge in [0.1, 0.15) is 0 Å². The van der Waals surface area contributed by atoms with Crippen molar-refractivity contribution in [1.29, 1.82) is 0 Å². The number of rotatable bonds is 11. The number of benzene rings is 15. The topological polar surface area (TPSA) is 84.2 Å². The maximum Gasteiger partial charge on any atom is 0.238 e. The summed E-state index contributed by atoms with van der Waals surface area (Å²) in [5.74, 6) is 2.52. The van der Waals surface area contributed by atoms with Gasteiger partial charge in [-0.25, -0.2) is 15.0 Å². The Kier molecular flexibility index (Phi) is 15.0. The molecule has 21 aromatic rings. The first kappa shape index (κ1) is 61.5. The predicted molar refractivity (Wildman–Crippen MR) is 437 cm³/mol. The molecule has 0 atom stereocenters. The molecule has 0 bridgehead atoms. The molecule has 496 valence electrons. The molecule has 0 fully saturated rings. The molecular weight excluding hydrogens is 1290 g/mol. The Bertz CT molecular complexity index is 6790. The number of nitrogens with zero attached hydrogens (tertiary/aromatic N) is 9. The number of hydrogen-bond donors (Lipinski definition) is 0. The van der Waals surface area contributed by atoms with Crippen molar-refractivity contribution in [2.24, 2.45) is 0 Å². The molecule has 6 aromatic heterocycles. The van der Waals surface area contributed by atoms with Gasteiger partial charge in [0.15, 0.2) is 11.6 Å². The van der Waals surface area contributed by atoms with E-state index in [9.17, 15) is 0 Å². The van der Waals surface area contributed by atoms with E-state index in [1.54, 1.807) is 0 Å². The molecule has 0 amide bonds. The van der Waals surface area contributed by atoms with Gasteiger partial charge in [-0.3, -0.25) is 9.13 Å². The summed E-state index contributed by atoms with van der Waals surface area (Å²) < 4.78 is 9.12. The zero-order chi connectivity index (χ0) is 70.0. The smallest absolute Gasteiger partial charge is 0.238 e. The molecule has 0 aliphatic carbocycles. The molecule has 0 spiro atoms. The highest BCUT2D eigenvalue weighted by Crippen LogP contribution is 2.42. The molecule has 106 heavy (non-hydrogen) atoms. The van der Waals surface area contributed by atoms with Gasteiger partial charge >= 0.3 is 0 Å². The van der Waals surface area contributed by atoms with Crippen molar-refractivity contribution in [3.05, 3.63) is 382 Å². The van der Waals surface area contributed by atoms with E-state index in [1.165, 1.54) is 65.9 Å². The Labute approximate surface area is 610 Å². The van der Waals surface area contributed by atoms with Crippen LogP contribution in [0.25, 0.3) is 189 Å². The molecule has 0 radical (unpaired) electrons. The second-order valence-electron chi connectivity index (χ2n) is 26.8. The Balaban J connectivity index is 0.000000141. The summed E-state index contributed by atoms with van der Waals surface area (Å²) in [6, 6.07) is 135. The van der Waals surface area contributed by atoms with Gasteiger partial charge < -0.3 is 9.13 Å². The zero-order valence-corrected chi connectivity index (χ0v) is 57.4. The Morgan fingerprint density at radius 1 is 0.151 bits per heavy atom. The van der Waals surface area contributed by atoms with Crippen molar-refractivity contribution < 1.29 is 0 Å². The molecule has 9 nitrogen and oxygen atoms in total. The predicted octanol–water partition coefficient (Wildman–Crippen LogP) is 24.4. The van der Waals surface area contributed by atoms with Crippen LogP contribution in [0, 0.1) is 0 Å². The van der Waals surface area contributed by atoms with Gasteiger partial charge in [0, 0.05) is 76.7 Å². The molecule has 21 rings (SSSR count). The minimum atomic E-state index is 0.590. The molecular formula is C97H63N9. The van der Waals surface area contributed by atoms with Crippen molar-refractivity contribution in [3.63, 3.8) is 0 Å². The van der Waals surface area contributed by atoms with E-state index in [1.807, 2.05) is 72.8 Å². The quantitative estimate of drug-likeness (QED) is 0.129. The third-order valence-corrected chi connectivity index (χ3v) is 20.5. The van der Waals surface area contributed by atoms with Crippen molar-refractivity contribution in [3.8, 4) is 102 Å². The maximum absolute atomic E-state index is 5.21. The first-order valence-electron chi connectivity index (χ1n) is 35.8. The second kappa shape index (κ2) is 25.9. The van der Waals surface area contributed by atoms with E-state index < -0.39 is 0 Å². The SMILES string of the molecule is c1ccc(-c2ccc(-n3c4ccccc4c4cc(-c5ccc6c(c5)c5ccccc5n6-c5nc(-c6ccccc6)cc(-c6ccccc6)n5)ccc43)cc2)cc1.c1ccc(-c2nc(-c3ccccc3)nc(-n3c4ccccc4c4cc(-c5ccc6c(c5)c5ccccc5n6-c5ccccc5)ccc43)n2)cc1. The molecule has 0 unspecified atom stereocenters. The van der Waals surface area contributed by atoms with Crippen molar-refractivity contribution >= 4 is 87.2 Å². The summed E-state index contributed by atoms with van der Waals surface area (Å²) in [6.45, 7) is 0. The summed E-state index contributed by atoms with van der Waals surface area (Å²) in [5.41, 5.74) is 24.2. The van der Waals surface area contributed by atoms with Crippen LogP contribution in [0.2, 0.25) is 0 Å². The van der Waals surface area contributed by atoms with Gasteiger partial charge in [-0.05, 0) is 137 Å². The van der Waals surface area contributed by atoms with Crippen molar-refractivity contribution in [2.45, 2.75) is 0 Å². The number of hydrogen-bond acceptors (Lipinski definition) is 5. The highest BCUT2D eigenvalue weighted by molar-refractivity contribution is 6.15. The van der Waals surface area contributed by atoms with Gasteiger partial charge in [-0.15, -0.1) is 0 Å². The molecule has 0 saturated heterocycles. The van der Waals surface area contributed by atoms with Crippen LogP contribution in [0.4, 0.5) is 0 Å². The highest BCUT2D eigenvalue weighted by Gasteiger charge is 2.23. The average Bonchev–Trinajstić information content (AvgIpc) is 1.59. The molecule has 0 aliphatic rings. The van der Waals surface area contributed by atoms with E-state index in [2.05, 4.69) is 328 Å². The lowest BCUT2D eigenvalue weighted by Gasteiger charge is -2.12. The number of aromatic nitrogens is 9. The zero-order valence-electron chi connectivity index (χ0n) is 57.4. The van der Waals surface area contributed by atoms with E-state index in [4.69, 9.17) is 24.9 Å². The van der Waals surface area contributed by atoms with Gasteiger partial charge in [-0.1, -0.05) is 279 Å². The summed E-state index contributed by atoms with van der Waals surface area (Å²) in [5, 5.41) is 9.55. The van der Waals surface area contributed by atoms with Crippen LogP contribution in [0.1, 0.15) is 0 Å². The van der Waals surface area contributed by atoms with E-state index in [0.717, 1.165) is 99.8 Å². The Hall–Kier alpha value is -14.4. The molecule has 9 heteroatoms. The van der Waals surface area contributed by atoms with Crippen LogP contribution >= 0.6 is 0 Å². The van der Waals surface area contributed by atoms with Gasteiger partial charge in [0.25, 0.3) is 0 Å². The first-order valence-corrected chi connectivity index (χ1v) is 35.8. The Morgan fingerprint density at radius 2 is 0.406 bits per heavy atom. The largest absolute Gasteiger partial charge is 0.309 e. The van der Waals surface area contributed by atoms with Crippen LogP contribution in [0.5, 0.6) is 0 Å². The Morgan fingerprint density at radius 3 is 0.774 bits per heavy atom. The van der Waals surface area contributed by atoms with E-state index in [0.29, 0.717) is 23.5 Å². The van der Waals surface area contributed by atoms with Gasteiger partial charge in [0.05, 0.1) is 55.5 Å². The molecule has 15 aromatic carbocycles. The maximum atomic E-state index is 5.21. The summed E-state index contributed by atoms with van der Waals surface area (Å²) >= 11 is 0. The third-order valence-electron chi connectivity index (χ3n) is 20.5. The highest BCUT2D eigenvalue weighted by atomic mass is 15.2. The van der Waals surface area contributed by atoms with Gasteiger partial charge in [0.2, 0.25) is 11.9 Å². The number of para-hydroxylation sites is 5. The molecule has 0 aliphatic heterocycles. The van der Waals surface area contributed by atoms with E-state index in [-0.39, 0.29) is 0 Å². The minimum absolute atomic E-state index is 0.590. The summed E-state index contributed by atoms with van der Waals surface area (Å²) in [6.07, 6.45) is 0. The van der Waals surface area contributed by atoms with E-state index >= 15 is 0 Å². The van der Waals surface area contributed by atoms with Crippen LogP contribution in [-0.2, 0) is 0 Å². The first-order chi connectivity index (χ1) is 52.6. The molecule has 0 N–H and O–H groups in total. The normalized spacial score (nSPS) is 11.6. The number of fused-ring (bicyclic) bond motifs is 12. The molecule has 6 heterocycles. The summed E-state index contributed by atoms with van der Waals surface area (Å²) in [4.78, 5) is 25.5. The fourth-order valence-corrected chi connectivity index (χ4v) is 15.6. The standard InChI is InChI=1S/C52H34N4.C45H29N5/c1-4-14-35(15-5-1)36-24-28-41(29-25-36)55-48-22-12-10-20-42(48)44-32-39(26-30-50(44)55)40-27-31-51-45(33-40)43-21-11-13-23-49(43)56(51)52-53-46(37-16-6-2-7-17-37)34-47(54-52)38-18-8-3-9-19-38;1-4-14-30(15-5-1)43-46-44(31-16-6-2-7-17-31)48-45(47-43)50-40-23-13-11-21-36(40)38-29-33(25-27-42(38)50)32-24-26-41-37(28-32)35-20-10-12-22-39(35)49(41)34-18-8-3-9-19-34/h1-34H;1-29H. The molecule has 0 saturated carbocycles. The second-order valence-corrected chi connectivity index (χ2v) is 26.8. The lowest BCUT2D eigenvalue weighted by atomic mass is 10.0. The van der Waals surface area contributed by atoms with Crippen LogP contribution in [0.15, 0.2) is 382 Å². The third kappa shape index (κ3) is 10.8. The van der Waals surface area contributed by atoms with Crippen molar-refractivity contribution in [2.75, 3.05) is 0 Å². The summed E-state index contributed by atoms with van der Waals surface area (Å²) in [7, 11) is 0. The average molecular weight is 1350 g/mol. The minimum Gasteiger partial charge on any atom is -0.309 e. The monoisotopic (exact) mass is 1350 g/mol. The lowest BCUT2D eigenvalue weighted by molar-refractivity contribution is 0.953. The fraction of sp³-hybridized carbons (Fsp3) is 0. The van der Waals surface area contributed by atoms with Crippen LogP contribution in [0.3, 0.4) is 0 Å². The lowest BCUT2D eigenvalue weighted by Crippen LogP contribution is -2.06.